The Hall–Kier alpha value is -1.38. The Labute approximate surface area is 72.0 Å². The van der Waals surface area contributed by atoms with Crippen molar-refractivity contribution in [3.05, 3.63) is 35.9 Å². The molecule has 2 nitrogen and oxygen atoms in total. The summed E-state index contributed by atoms with van der Waals surface area (Å²) in [5.74, 6) is -1.07. The summed E-state index contributed by atoms with van der Waals surface area (Å²) in [4.78, 5) is 22.0. The number of carbonyl (C=O) groups is 2. The first-order chi connectivity index (χ1) is 5.75. The van der Waals surface area contributed by atoms with E-state index in [9.17, 15) is 9.59 Å². The van der Waals surface area contributed by atoms with Gasteiger partial charge in [0.15, 0.2) is 5.78 Å². The second-order valence-corrected chi connectivity index (χ2v) is 2.32. The molecule has 0 amide bonds. The Balaban J connectivity index is 2.86. The zero-order valence-electron chi connectivity index (χ0n) is 6.49. The third-order valence-electron chi connectivity index (χ3n) is 1.47. The van der Waals surface area contributed by atoms with Gasteiger partial charge in [-0.1, -0.05) is 30.3 Å². The lowest BCUT2D eigenvalue weighted by Gasteiger charge is -1.95. The molecule has 0 aliphatic heterocycles. The molecular formula is C9H7BO2. The van der Waals surface area contributed by atoms with E-state index in [2.05, 4.69) is 0 Å². The summed E-state index contributed by atoms with van der Waals surface area (Å²) >= 11 is 0. The quantitative estimate of drug-likeness (QED) is 0.374. The molecule has 0 atom stereocenters. The minimum absolute atomic E-state index is 0.228. The lowest BCUT2D eigenvalue weighted by Crippen LogP contribution is -2.12. The highest BCUT2D eigenvalue weighted by atomic mass is 16.2. The first-order valence-corrected chi connectivity index (χ1v) is 3.58. The minimum atomic E-state index is -0.554. The van der Waals surface area contributed by atoms with Gasteiger partial charge in [-0.2, -0.15) is 0 Å². The highest BCUT2D eigenvalue weighted by Gasteiger charge is 2.11. The zero-order chi connectivity index (χ0) is 8.97. The van der Waals surface area contributed by atoms with Crippen molar-refractivity contribution in [1.82, 2.24) is 0 Å². The smallest absolute Gasteiger partial charge is 0.227 e. The molecule has 0 aliphatic carbocycles. The average molecular weight is 158 g/mol. The first-order valence-electron chi connectivity index (χ1n) is 3.58. The van der Waals surface area contributed by atoms with Crippen molar-refractivity contribution in [2.45, 2.75) is 6.32 Å². The van der Waals surface area contributed by atoms with Gasteiger partial charge in [0, 0.05) is 5.56 Å². The fourth-order valence-corrected chi connectivity index (χ4v) is 0.843. The van der Waals surface area contributed by atoms with Gasteiger partial charge in [-0.15, -0.1) is 0 Å². The van der Waals surface area contributed by atoms with Crippen LogP contribution in [0.4, 0.5) is 0 Å². The van der Waals surface area contributed by atoms with Gasteiger partial charge in [0.1, 0.15) is 0 Å². The first kappa shape index (κ1) is 8.72. The molecule has 0 heterocycles. The summed E-state index contributed by atoms with van der Waals surface area (Å²) in [6.07, 6.45) is -0.228. The maximum Gasteiger partial charge on any atom is 0.227 e. The SMILES string of the molecule is [B]CC(=O)C(=O)c1ccccc1. The third kappa shape index (κ3) is 1.81. The average Bonchev–Trinajstić information content (AvgIpc) is 2.17. The van der Waals surface area contributed by atoms with Crippen molar-refractivity contribution in [2.75, 3.05) is 0 Å². The van der Waals surface area contributed by atoms with Crippen LogP contribution in [0.5, 0.6) is 0 Å². The van der Waals surface area contributed by atoms with Gasteiger partial charge in [-0.3, -0.25) is 9.59 Å². The van der Waals surface area contributed by atoms with Crippen LogP contribution in [0.3, 0.4) is 0 Å². The van der Waals surface area contributed by atoms with Crippen molar-refractivity contribution in [1.29, 1.82) is 0 Å². The standard InChI is InChI=1S/C9H7BO2/c10-6-8(11)9(12)7-4-2-1-3-5-7/h1-5H,6H2. The monoisotopic (exact) mass is 158 g/mol. The fourth-order valence-electron chi connectivity index (χ4n) is 0.843. The molecule has 0 unspecified atom stereocenters. The van der Waals surface area contributed by atoms with Crippen molar-refractivity contribution in [3.8, 4) is 0 Å². The fraction of sp³-hybridized carbons (Fsp3) is 0.111. The van der Waals surface area contributed by atoms with Crippen LogP contribution in [0, 0.1) is 0 Å². The van der Waals surface area contributed by atoms with Crippen molar-refractivity contribution in [2.24, 2.45) is 0 Å². The molecule has 0 aliphatic rings. The predicted molar refractivity (Wildman–Crippen MR) is 46.3 cm³/mol. The summed E-state index contributed by atoms with van der Waals surface area (Å²) in [7, 11) is 5.04. The van der Waals surface area contributed by atoms with E-state index in [-0.39, 0.29) is 6.32 Å². The summed E-state index contributed by atoms with van der Waals surface area (Å²) in [6.45, 7) is 0. The Morgan fingerprint density at radius 3 is 2.25 bits per heavy atom. The summed E-state index contributed by atoms with van der Waals surface area (Å²) < 4.78 is 0. The number of carbonyl (C=O) groups excluding carboxylic acids is 2. The minimum Gasteiger partial charge on any atom is -0.291 e. The lowest BCUT2D eigenvalue weighted by molar-refractivity contribution is -0.113. The van der Waals surface area contributed by atoms with Crippen LogP contribution in [-0.2, 0) is 4.79 Å². The Morgan fingerprint density at radius 1 is 1.17 bits per heavy atom. The van der Waals surface area contributed by atoms with Gasteiger partial charge in [-0.05, 0) is 6.32 Å². The second kappa shape index (κ2) is 3.86. The van der Waals surface area contributed by atoms with E-state index in [1.165, 1.54) is 0 Å². The van der Waals surface area contributed by atoms with Crippen LogP contribution in [-0.4, -0.2) is 19.4 Å². The zero-order valence-corrected chi connectivity index (χ0v) is 6.49. The number of rotatable bonds is 3. The van der Waals surface area contributed by atoms with E-state index < -0.39 is 11.6 Å². The van der Waals surface area contributed by atoms with Gasteiger partial charge < -0.3 is 0 Å². The van der Waals surface area contributed by atoms with Crippen LogP contribution in [0.25, 0.3) is 0 Å². The van der Waals surface area contributed by atoms with Crippen LogP contribution in [0.2, 0.25) is 6.32 Å². The van der Waals surface area contributed by atoms with Gasteiger partial charge in [-0.25, -0.2) is 0 Å². The summed E-state index contributed by atoms with van der Waals surface area (Å²) in [6, 6.07) is 8.38. The molecule has 0 saturated carbocycles. The molecule has 12 heavy (non-hydrogen) atoms. The number of benzene rings is 1. The van der Waals surface area contributed by atoms with Gasteiger partial charge >= 0.3 is 0 Å². The molecule has 0 fully saturated rings. The van der Waals surface area contributed by atoms with Crippen molar-refractivity contribution >= 4 is 19.4 Å². The molecule has 3 heteroatoms. The Bertz CT molecular complexity index is 293. The number of hydrogen-bond donors (Lipinski definition) is 0. The highest BCUT2D eigenvalue weighted by Crippen LogP contribution is 2.01. The third-order valence-corrected chi connectivity index (χ3v) is 1.47. The molecule has 1 aromatic carbocycles. The molecule has 1 aromatic rings. The van der Waals surface area contributed by atoms with E-state index in [0.717, 1.165) is 0 Å². The predicted octanol–water partition coefficient (Wildman–Crippen LogP) is 1.03. The molecule has 1 rings (SSSR count). The van der Waals surface area contributed by atoms with E-state index in [1.807, 2.05) is 0 Å². The molecule has 2 radical (unpaired) electrons. The molecule has 0 N–H and O–H groups in total. The van der Waals surface area contributed by atoms with Crippen LogP contribution in [0.1, 0.15) is 10.4 Å². The van der Waals surface area contributed by atoms with E-state index >= 15 is 0 Å². The van der Waals surface area contributed by atoms with Gasteiger partial charge in [0.2, 0.25) is 5.78 Å². The van der Waals surface area contributed by atoms with Crippen LogP contribution < -0.4 is 0 Å². The summed E-state index contributed by atoms with van der Waals surface area (Å²) in [5, 5.41) is 0. The van der Waals surface area contributed by atoms with E-state index in [1.54, 1.807) is 30.3 Å². The largest absolute Gasteiger partial charge is 0.291 e. The molecule has 0 spiro atoms. The van der Waals surface area contributed by atoms with Crippen LogP contribution in [0.15, 0.2) is 30.3 Å². The van der Waals surface area contributed by atoms with Crippen LogP contribution >= 0.6 is 0 Å². The number of ketones is 2. The highest BCUT2D eigenvalue weighted by molar-refractivity contribution is 6.49. The Kier molecular flexibility index (Phi) is 2.80. The molecular weight excluding hydrogens is 151 g/mol. The van der Waals surface area contributed by atoms with Crippen molar-refractivity contribution in [3.63, 3.8) is 0 Å². The molecule has 58 valence electrons. The molecule has 0 aromatic heterocycles. The molecule has 0 saturated heterocycles. The number of hydrogen-bond acceptors (Lipinski definition) is 2. The molecule has 0 bridgehead atoms. The summed E-state index contributed by atoms with van der Waals surface area (Å²) in [5.41, 5.74) is 0.396. The van der Waals surface area contributed by atoms with Gasteiger partial charge in [0.25, 0.3) is 0 Å². The van der Waals surface area contributed by atoms with E-state index in [0.29, 0.717) is 5.56 Å². The maximum atomic E-state index is 11.1. The van der Waals surface area contributed by atoms with Gasteiger partial charge in [0.05, 0.1) is 7.85 Å². The number of Topliss-reactive ketones (excluding diaryl/α,β-unsaturated/α-hetero) is 2. The van der Waals surface area contributed by atoms with Crippen molar-refractivity contribution < 1.29 is 9.59 Å². The normalized spacial score (nSPS) is 9.33. The lowest BCUT2D eigenvalue weighted by atomic mass is 9.95. The van der Waals surface area contributed by atoms with E-state index in [4.69, 9.17) is 7.85 Å². The maximum absolute atomic E-state index is 11.1. The second-order valence-electron chi connectivity index (χ2n) is 2.32. The Morgan fingerprint density at radius 2 is 1.75 bits per heavy atom. The topological polar surface area (TPSA) is 34.1 Å².